The first kappa shape index (κ1) is 15.0. The second kappa shape index (κ2) is 7.40. The van der Waals surface area contributed by atoms with Crippen LogP contribution in [0.5, 0.6) is 0 Å². The molecule has 0 saturated carbocycles. The summed E-state index contributed by atoms with van der Waals surface area (Å²) in [5, 5.41) is 8.90. The summed E-state index contributed by atoms with van der Waals surface area (Å²) >= 11 is 0. The van der Waals surface area contributed by atoms with Crippen LogP contribution >= 0.6 is 0 Å². The van der Waals surface area contributed by atoms with E-state index in [0.29, 0.717) is 5.69 Å². The van der Waals surface area contributed by atoms with Crippen molar-refractivity contribution in [2.75, 3.05) is 17.2 Å². The molecule has 3 N–H and O–H groups in total. The van der Waals surface area contributed by atoms with Crippen LogP contribution in [0.1, 0.15) is 25.5 Å². The first-order valence-electron chi connectivity index (χ1n) is 7.00. The molecule has 0 aliphatic rings. The van der Waals surface area contributed by atoms with Gasteiger partial charge in [-0.1, -0.05) is 19.1 Å². The van der Waals surface area contributed by atoms with E-state index < -0.39 is 0 Å². The summed E-state index contributed by atoms with van der Waals surface area (Å²) in [6.45, 7) is 5.07. The van der Waals surface area contributed by atoms with Gasteiger partial charge in [-0.05, 0) is 43.3 Å². The summed E-state index contributed by atoms with van der Waals surface area (Å²) in [6.07, 6.45) is 3.26. The Kier molecular flexibility index (Phi) is 5.29. The average molecular weight is 284 g/mol. The topological polar surface area (TPSA) is 66.0 Å². The molecule has 1 aromatic heterocycles. The molecule has 0 aliphatic carbocycles. The number of rotatable bonds is 5. The molecule has 1 unspecified atom stereocenters. The van der Waals surface area contributed by atoms with Crippen LogP contribution in [0, 0.1) is 0 Å². The van der Waals surface area contributed by atoms with Gasteiger partial charge in [-0.25, -0.2) is 4.79 Å². The van der Waals surface area contributed by atoms with Crippen molar-refractivity contribution in [3.8, 4) is 0 Å². The van der Waals surface area contributed by atoms with Gasteiger partial charge in [0.2, 0.25) is 0 Å². The normalized spacial score (nSPS) is 11.7. The highest BCUT2D eigenvalue weighted by Gasteiger charge is 2.06. The van der Waals surface area contributed by atoms with E-state index in [1.54, 1.807) is 24.5 Å². The first-order valence-corrected chi connectivity index (χ1v) is 7.00. The van der Waals surface area contributed by atoms with Gasteiger partial charge in [-0.15, -0.1) is 0 Å². The molecule has 0 saturated heterocycles. The number of amides is 2. The lowest BCUT2D eigenvalue weighted by molar-refractivity contribution is 0.262. The van der Waals surface area contributed by atoms with E-state index >= 15 is 0 Å². The maximum Gasteiger partial charge on any atom is 0.323 e. The number of hydrogen-bond donors (Lipinski definition) is 3. The molecule has 0 fully saturated rings. The second-order valence-electron chi connectivity index (χ2n) is 4.73. The fraction of sp³-hybridized carbons (Fsp3) is 0.250. The van der Waals surface area contributed by atoms with E-state index in [4.69, 9.17) is 0 Å². The minimum Gasteiger partial charge on any atom is -0.310 e. The number of nitrogens with zero attached hydrogens (tertiary/aromatic N) is 1. The Morgan fingerprint density at radius 2 is 1.95 bits per heavy atom. The van der Waals surface area contributed by atoms with Gasteiger partial charge in [0.1, 0.15) is 0 Å². The summed E-state index contributed by atoms with van der Waals surface area (Å²) in [4.78, 5) is 15.9. The lowest BCUT2D eigenvalue weighted by Crippen LogP contribution is -2.20. The van der Waals surface area contributed by atoms with Crippen LogP contribution in [0.2, 0.25) is 0 Å². The molecule has 2 aromatic rings. The SMILES string of the molecule is CCNC(C)c1cccc(NC(=O)Nc2cccnc2)c1. The Labute approximate surface area is 124 Å². The molecule has 5 heteroatoms. The number of carbonyl (C=O) groups excluding carboxylic acids is 1. The largest absolute Gasteiger partial charge is 0.323 e. The minimum absolute atomic E-state index is 0.248. The third-order valence-corrected chi connectivity index (χ3v) is 3.07. The number of pyridine rings is 1. The number of carbonyl (C=O) groups is 1. The molecule has 5 nitrogen and oxygen atoms in total. The Morgan fingerprint density at radius 1 is 1.19 bits per heavy atom. The van der Waals surface area contributed by atoms with Gasteiger partial charge in [0.15, 0.2) is 0 Å². The van der Waals surface area contributed by atoms with Crippen LogP contribution in [0.3, 0.4) is 0 Å². The zero-order valence-corrected chi connectivity index (χ0v) is 12.3. The molecule has 0 spiro atoms. The predicted octanol–water partition coefficient (Wildman–Crippen LogP) is 3.40. The zero-order valence-electron chi connectivity index (χ0n) is 12.3. The van der Waals surface area contributed by atoms with Crippen molar-refractivity contribution in [2.24, 2.45) is 0 Å². The number of aromatic nitrogens is 1. The highest BCUT2D eigenvalue weighted by atomic mass is 16.2. The number of benzene rings is 1. The number of anilines is 2. The summed E-state index contributed by atoms with van der Waals surface area (Å²) < 4.78 is 0. The van der Waals surface area contributed by atoms with Gasteiger partial charge in [0.25, 0.3) is 0 Å². The fourth-order valence-electron chi connectivity index (χ4n) is 2.04. The lowest BCUT2D eigenvalue weighted by Gasteiger charge is -2.14. The van der Waals surface area contributed by atoms with Gasteiger partial charge < -0.3 is 16.0 Å². The molecule has 2 amide bonds. The van der Waals surface area contributed by atoms with Gasteiger partial charge >= 0.3 is 6.03 Å². The lowest BCUT2D eigenvalue weighted by atomic mass is 10.1. The smallest absolute Gasteiger partial charge is 0.310 e. The number of nitrogens with one attached hydrogen (secondary N) is 3. The van der Waals surface area contributed by atoms with E-state index in [2.05, 4.69) is 34.8 Å². The van der Waals surface area contributed by atoms with E-state index in [0.717, 1.165) is 17.8 Å². The van der Waals surface area contributed by atoms with Crippen LogP contribution < -0.4 is 16.0 Å². The third kappa shape index (κ3) is 4.57. The fourth-order valence-corrected chi connectivity index (χ4v) is 2.04. The summed E-state index contributed by atoms with van der Waals surface area (Å²) in [5.41, 5.74) is 2.56. The number of urea groups is 1. The Bertz CT molecular complexity index is 586. The molecule has 1 heterocycles. The van der Waals surface area contributed by atoms with Gasteiger partial charge in [0, 0.05) is 17.9 Å². The maximum atomic E-state index is 11.9. The Balaban J connectivity index is 1.99. The molecular weight excluding hydrogens is 264 g/mol. The Hall–Kier alpha value is -2.40. The Morgan fingerprint density at radius 3 is 2.67 bits per heavy atom. The molecular formula is C16H20N4O. The second-order valence-corrected chi connectivity index (χ2v) is 4.73. The standard InChI is InChI=1S/C16H20N4O/c1-3-18-12(2)13-6-4-7-14(10-13)19-16(21)20-15-8-5-9-17-11-15/h4-12,18H,3H2,1-2H3,(H2,19,20,21). The predicted molar refractivity (Wildman–Crippen MR) is 85.4 cm³/mol. The minimum atomic E-state index is -0.281. The summed E-state index contributed by atoms with van der Waals surface area (Å²) in [5.74, 6) is 0. The molecule has 0 radical (unpaired) electrons. The van der Waals surface area contributed by atoms with Crippen molar-refractivity contribution in [1.29, 1.82) is 0 Å². The van der Waals surface area contributed by atoms with Gasteiger partial charge in [-0.2, -0.15) is 0 Å². The molecule has 1 atom stereocenters. The number of hydrogen-bond acceptors (Lipinski definition) is 3. The van der Waals surface area contributed by atoms with Crippen LogP contribution in [-0.2, 0) is 0 Å². The monoisotopic (exact) mass is 284 g/mol. The first-order chi connectivity index (χ1) is 10.2. The van der Waals surface area contributed by atoms with Crippen molar-refractivity contribution < 1.29 is 4.79 Å². The van der Waals surface area contributed by atoms with Crippen molar-refractivity contribution >= 4 is 17.4 Å². The van der Waals surface area contributed by atoms with Crippen LogP contribution in [0.15, 0.2) is 48.8 Å². The third-order valence-electron chi connectivity index (χ3n) is 3.07. The molecule has 1 aromatic carbocycles. The van der Waals surface area contributed by atoms with Gasteiger partial charge in [-0.3, -0.25) is 4.98 Å². The average Bonchev–Trinajstić information content (AvgIpc) is 2.48. The highest BCUT2D eigenvalue weighted by Crippen LogP contribution is 2.17. The molecule has 21 heavy (non-hydrogen) atoms. The van der Waals surface area contributed by atoms with Crippen LogP contribution in [-0.4, -0.2) is 17.6 Å². The quantitative estimate of drug-likeness (QED) is 0.788. The van der Waals surface area contributed by atoms with Gasteiger partial charge in [0.05, 0.1) is 11.9 Å². The summed E-state index contributed by atoms with van der Waals surface area (Å²) in [7, 11) is 0. The van der Waals surface area contributed by atoms with Crippen molar-refractivity contribution in [3.63, 3.8) is 0 Å². The van der Waals surface area contributed by atoms with Crippen molar-refractivity contribution in [2.45, 2.75) is 19.9 Å². The highest BCUT2D eigenvalue weighted by molar-refractivity contribution is 5.99. The maximum absolute atomic E-state index is 11.9. The van der Waals surface area contributed by atoms with E-state index in [-0.39, 0.29) is 12.1 Å². The van der Waals surface area contributed by atoms with Crippen molar-refractivity contribution in [1.82, 2.24) is 10.3 Å². The molecule has 0 aliphatic heterocycles. The van der Waals surface area contributed by atoms with Crippen LogP contribution in [0.25, 0.3) is 0 Å². The van der Waals surface area contributed by atoms with E-state index in [9.17, 15) is 4.79 Å². The van der Waals surface area contributed by atoms with Crippen LogP contribution in [0.4, 0.5) is 16.2 Å². The zero-order chi connectivity index (χ0) is 15.1. The molecule has 110 valence electrons. The van der Waals surface area contributed by atoms with E-state index in [1.165, 1.54) is 0 Å². The van der Waals surface area contributed by atoms with E-state index in [1.807, 2.05) is 24.3 Å². The van der Waals surface area contributed by atoms with Crippen molar-refractivity contribution in [3.05, 3.63) is 54.4 Å². The summed E-state index contributed by atoms with van der Waals surface area (Å²) in [6, 6.07) is 11.3. The molecule has 2 rings (SSSR count). The molecule has 0 bridgehead atoms.